The third-order valence-corrected chi connectivity index (χ3v) is 2.22. The Labute approximate surface area is 93.9 Å². The van der Waals surface area contributed by atoms with Crippen LogP contribution in [0.5, 0.6) is 0 Å². The van der Waals surface area contributed by atoms with E-state index in [0.717, 1.165) is 5.69 Å². The van der Waals surface area contributed by atoms with Gasteiger partial charge in [-0.25, -0.2) is 4.98 Å². The maximum atomic E-state index is 11.6. The van der Waals surface area contributed by atoms with Crippen molar-refractivity contribution < 1.29 is 4.79 Å². The summed E-state index contributed by atoms with van der Waals surface area (Å²) in [6.07, 6.45) is 5.03. The average Bonchev–Trinajstić information content (AvgIpc) is 2.74. The molecule has 0 aliphatic carbocycles. The fraction of sp³-hybridized carbons (Fsp3) is 0.167. The largest absolute Gasteiger partial charge is 0.328 e. The van der Waals surface area contributed by atoms with Gasteiger partial charge in [0.2, 0.25) is 5.91 Å². The van der Waals surface area contributed by atoms with Crippen LogP contribution < -0.4 is 5.32 Å². The van der Waals surface area contributed by atoms with Crippen molar-refractivity contribution in [2.24, 2.45) is 0 Å². The van der Waals surface area contributed by atoms with Gasteiger partial charge in [-0.15, -0.1) is 0 Å². The molecule has 0 saturated heterocycles. The summed E-state index contributed by atoms with van der Waals surface area (Å²) in [6, 6.07) is 7.71. The van der Waals surface area contributed by atoms with Gasteiger partial charge in [-0.1, -0.05) is 17.7 Å². The van der Waals surface area contributed by atoms with Crippen LogP contribution in [0.3, 0.4) is 0 Å². The molecule has 0 spiro atoms. The summed E-state index contributed by atoms with van der Waals surface area (Å²) in [5, 5.41) is 2.82. The molecule has 16 heavy (non-hydrogen) atoms. The van der Waals surface area contributed by atoms with E-state index in [1.807, 2.05) is 31.2 Å². The molecule has 1 amide bonds. The molecule has 0 radical (unpaired) electrons. The van der Waals surface area contributed by atoms with Gasteiger partial charge in [0, 0.05) is 18.1 Å². The van der Waals surface area contributed by atoms with Gasteiger partial charge in [-0.2, -0.15) is 0 Å². The van der Waals surface area contributed by atoms with Crippen molar-refractivity contribution in [2.45, 2.75) is 13.5 Å². The van der Waals surface area contributed by atoms with E-state index in [1.54, 1.807) is 23.3 Å². The highest BCUT2D eigenvalue weighted by atomic mass is 16.1. The van der Waals surface area contributed by atoms with Crippen molar-refractivity contribution >= 4 is 11.6 Å². The Kier molecular flexibility index (Phi) is 3.00. The Morgan fingerprint density at radius 1 is 1.38 bits per heavy atom. The molecule has 4 nitrogen and oxygen atoms in total. The average molecular weight is 215 g/mol. The number of hydrogen-bond donors (Lipinski definition) is 1. The van der Waals surface area contributed by atoms with Crippen molar-refractivity contribution in [3.8, 4) is 0 Å². The number of anilines is 1. The summed E-state index contributed by atoms with van der Waals surface area (Å²) in [5.74, 6) is -0.0538. The fourth-order valence-corrected chi connectivity index (χ4v) is 1.38. The van der Waals surface area contributed by atoms with Gasteiger partial charge in [0.25, 0.3) is 0 Å². The number of nitrogens with zero attached hydrogens (tertiary/aromatic N) is 2. The summed E-state index contributed by atoms with van der Waals surface area (Å²) < 4.78 is 1.73. The number of benzene rings is 1. The molecular formula is C12H13N3O. The molecule has 0 saturated carbocycles. The van der Waals surface area contributed by atoms with E-state index in [4.69, 9.17) is 0 Å². The molecule has 0 bridgehead atoms. The van der Waals surface area contributed by atoms with E-state index in [9.17, 15) is 4.79 Å². The summed E-state index contributed by atoms with van der Waals surface area (Å²) in [4.78, 5) is 15.5. The Morgan fingerprint density at radius 3 is 2.75 bits per heavy atom. The Morgan fingerprint density at radius 2 is 2.12 bits per heavy atom. The predicted octanol–water partition coefficient (Wildman–Crippen LogP) is 1.83. The van der Waals surface area contributed by atoms with Crippen molar-refractivity contribution in [1.29, 1.82) is 0 Å². The minimum atomic E-state index is -0.0538. The van der Waals surface area contributed by atoms with Crippen LogP contribution in [-0.2, 0) is 11.3 Å². The molecule has 0 aliphatic heterocycles. The quantitative estimate of drug-likeness (QED) is 0.849. The standard InChI is InChI=1S/C12H13N3O/c1-10-2-4-11(5-3-10)14-12(16)8-15-7-6-13-9-15/h2-7,9H,8H2,1H3,(H,14,16). The fourth-order valence-electron chi connectivity index (χ4n) is 1.38. The van der Waals surface area contributed by atoms with E-state index in [1.165, 1.54) is 5.56 Å². The summed E-state index contributed by atoms with van der Waals surface area (Å²) in [6.45, 7) is 2.30. The van der Waals surface area contributed by atoms with E-state index >= 15 is 0 Å². The van der Waals surface area contributed by atoms with E-state index < -0.39 is 0 Å². The molecule has 1 heterocycles. The lowest BCUT2D eigenvalue weighted by Crippen LogP contribution is -2.17. The highest BCUT2D eigenvalue weighted by molar-refractivity contribution is 5.90. The molecule has 1 N–H and O–H groups in total. The molecule has 82 valence electrons. The Balaban J connectivity index is 1.95. The summed E-state index contributed by atoms with van der Waals surface area (Å²) >= 11 is 0. The molecule has 1 aromatic heterocycles. The van der Waals surface area contributed by atoms with Gasteiger partial charge in [0.05, 0.1) is 6.33 Å². The zero-order valence-electron chi connectivity index (χ0n) is 9.05. The molecule has 0 fully saturated rings. The number of aromatic nitrogens is 2. The first-order valence-corrected chi connectivity index (χ1v) is 5.06. The first kappa shape index (κ1) is 10.4. The first-order chi connectivity index (χ1) is 7.74. The lowest BCUT2D eigenvalue weighted by molar-refractivity contribution is -0.116. The van der Waals surface area contributed by atoms with Crippen molar-refractivity contribution in [3.63, 3.8) is 0 Å². The van der Waals surface area contributed by atoms with Crippen LogP contribution >= 0.6 is 0 Å². The highest BCUT2D eigenvalue weighted by Crippen LogP contribution is 2.08. The third kappa shape index (κ3) is 2.70. The van der Waals surface area contributed by atoms with Crippen LogP contribution in [0.2, 0.25) is 0 Å². The molecule has 0 aliphatic rings. The number of imidazole rings is 1. The number of amides is 1. The maximum Gasteiger partial charge on any atom is 0.244 e. The number of hydrogen-bond acceptors (Lipinski definition) is 2. The maximum absolute atomic E-state index is 11.6. The second kappa shape index (κ2) is 4.61. The molecule has 2 aromatic rings. The van der Waals surface area contributed by atoms with Crippen molar-refractivity contribution in [1.82, 2.24) is 9.55 Å². The number of aryl methyl sites for hydroxylation is 1. The number of nitrogens with one attached hydrogen (secondary N) is 1. The molecule has 0 unspecified atom stereocenters. The molecular weight excluding hydrogens is 202 g/mol. The number of rotatable bonds is 3. The normalized spacial score (nSPS) is 10.1. The van der Waals surface area contributed by atoms with Crippen LogP contribution in [0, 0.1) is 6.92 Å². The van der Waals surface area contributed by atoms with E-state index in [-0.39, 0.29) is 12.5 Å². The van der Waals surface area contributed by atoms with Crippen LogP contribution in [0.1, 0.15) is 5.56 Å². The topological polar surface area (TPSA) is 46.9 Å². The smallest absolute Gasteiger partial charge is 0.244 e. The summed E-state index contributed by atoms with van der Waals surface area (Å²) in [5.41, 5.74) is 1.99. The van der Waals surface area contributed by atoms with Gasteiger partial charge < -0.3 is 9.88 Å². The monoisotopic (exact) mass is 215 g/mol. The molecule has 2 rings (SSSR count). The minimum absolute atomic E-state index is 0.0538. The zero-order chi connectivity index (χ0) is 11.4. The van der Waals surface area contributed by atoms with Gasteiger partial charge in [0.1, 0.15) is 6.54 Å². The van der Waals surface area contributed by atoms with Crippen molar-refractivity contribution in [2.75, 3.05) is 5.32 Å². The van der Waals surface area contributed by atoms with Crippen LogP contribution in [0.4, 0.5) is 5.69 Å². The lowest BCUT2D eigenvalue weighted by Gasteiger charge is -2.05. The summed E-state index contributed by atoms with van der Waals surface area (Å²) in [7, 11) is 0. The van der Waals surface area contributed by atoms with Crippen LogP contribution in [0.25, 0.3) is 0 Å². The van der Waals surface area contributed by atoms with Crippen molar-refractivity contribution in [3.05, 3.63) is 48.5 Å². The van der Waals surface area contributed by atoms with E-state index in [0.29, 0.717) is 0 Å². The van der Waals surface area contributed by atoms with Gasteiger partial charge in [-0.3, -0.25) is 4.79 Å². The third-order valence-electron chi connectivity index (χ3n) is 2.22. The van der Waals surface area contributed by atoms with E-state index in [2.05, 4.69) is 10.3 Å². The second-order valence-electron chi connectivity index (χ2n) is 3.65. The second-order valence-corrected chi connectivity index (χ2v) is 3.65. The van der Waals surface area contributed by atoms with Crippen LogP contribution in [-0.4, -0.2) is 15.5 Å². The molecule has 0 atom stereocenters. The number of carbonyl (C=O) groups excluding carboxylic acids is 1. The minimum Gasteiger partial charge on any atom is -0.328 e. The van der Waals surface area contributed by atoms with Gasteiger partial charge >= 0.3 is 0 Å². The van der Waals surface area contributed by atoms with Gasteiger partial charge in [0.15, 0.2) is 0 Å². The first-order valence-electron chi connectivity index (χ1n) is 5.06. The van der Waals surface area contributed by atoms with Crippen LogP contribution in [0.15, 0.2) is 43.0 Å². The lowest BCUT2D eigenvalue weighted by atomic mass is 10.2. The molecule has 4 heteroatoms. The Hall–Kier alpha value is -2.10. The zero-order valence-corrected chi connectivity index (χ0v) is 9.05. The SMILES string of the molecule is Cc1ccc(NC(=O)Cn2ccnc2)cc1. The number of carbonyl (C=O) groups is 1. The highest BCUT2D eigenvalue weighted by Gasteiger charge is 2.02. The predicted molar refractivity (Wildman–Crippen MR) is 62.0 cm³/mol. The molecule has 1 aromatic carbocycles. The Bertz CT molecular complexity index is 460. The van der Waals surface area contributed by atoms with Gasteiger partial charge in [-0.05, 0) is 19.1 Å².